The smallest absolute Gasteiger partial charge is 0.409 e. The van der Waals surface area contributed by atoms with Gasteiger partial charge in [0.1, 0.15) is 6.61 Å². The Bertz CT molecular complexity index is 204. The molecule has 1 amide bonds. The van der Waals surface area contributed by atoms with Gasteiger partial charge in [-0.2, -0.15) is 0 Å². The molecule has 1 rings (SSSR count). The molecular weight excluding hydrogens is 182 g/mol. The number of ether oxygens (including phenoxy) is 1. The summed E-state index contributed by atoms with van der Waals surface area (Å²) in [7, 11) is 0. The van der Waals surface area contributed by atoms with Crippen molar-refractivity contribution in [1.82, 2.24) is 4.90 Å². The van der Waals surface area contributed by atoms with Gasteiger partial charge in [-0.3, -0.25) is 0 Å². The van der Waals surface area contributed by atoms with E-state index in [0.717, 1.165) is 25.9 Å². The van der Waals surface area contributed by atoms with E-state index in [2.05, 4.69) is 13.8 Å². The van der Waals surface area contributed by atoms with Gasteiger partial charge in [0.2, 0.25) is 0 Å². The van der Waals surface area contributed by atoms with E-state index in [1.807, 2.05) is 0 Å². The molecule has 0 aliphatic carbocycles. The summed E-state index contributed by atoms with van der Waals surface area (Å²) in [5, 5.41) is 8.52. The second-order valence-corrected chi connectivity index (χ2v) is 4.53. The molecule has 1 aliphatic rings. The average Bonchev–Trinajstić information content (AvgIpc) is 2.12. The van der Waals surface area contributed by atoms with Crippen LogP contribution in [0.2, 0.25) is 0 Å². The SMILES string of the molecule is CC1(C)CCCN(C(=O)OCCO)C1. The van der Waals surface area contributed by atoms with E-state index in [9.17, 15) is 4.79 Å². The molecule has 0 spiro atoms. The molecule has 0 saturated carbocycles. The van der Waals surface area contributed by atoms with Crippen LogP contribution in [0.25, 0.3) is 0 Å². The standard InChI is InChI=1S/C10H19NO3/c1-10(2)4-3-5-11(8-10)9(13)14-7-6-12/h12H,3-8H2,1-2H3. The molecular formula is C10H19NO3. The number of nitrogens with zero attached hydrogens (tertiary/aromatic N) is 1. The molecule has 0 aromatic rings. The summed E-state index contributed by atoms with van der Waals surface area (Å²) in [6.45, 7) is 5.81. The van der Waals surface area contributed by atoms with Crippen molar-refractivity contribution in [2.45, 2.75) is 26.7 Å². The Morgan fingerprint density at radius 3 is 2.86 bits per heavy atom. The van der Waals surface area contributed by atoms with Gasteiger partial charge in [0.15, 0.2) is 0 Å². The van der Waals surface area contributed by atoms with E-state index in [1.165, 1.54) is 0 Å². The molecule has 1 aliphatic heterocycles. The predicted octanol–water partition coefficient (Wildman–Crippen LogP) is 1.24. The van der Waals surface area contributed by atoms with Gasteiger partial charge in [-0.15, -0.1) is 0 Å². The zero-order chi connectivity index (χ0) is 10.6. The van der Waals surface area contributed by atoms with E-state index >= 15 is 0 Å². The summed E-state index contributed by atoms with van der Waals surface area (Å²) in [6, 6.07) is 0. The number of piperidine rings is 1. The van der Waals surface area contributed by atoms with Crippen molar-refractivity contribution in [3.05, 3.63) is 0 Å². The number of aliphatic hydroxyl groups is 1. The lowest BCUT2D eigenvalue weighted by molar-refractivity contribution is 0.0564. The summed E-state index contributed by atoms with van der Waals surface area (Å²) in [5.41, 5.74) is 0.191. The molecule has 1 heterocycles. The number of carbonyl (C=O) groups excluding carboxylic acids is 1. The third kappa shape index (κ3) is 3.18. The third-order valence-corrected chi connectivity index (χ3v) is 2.48. The van der Waals surface area contributed by atoms with E-state index < -0.39 is 0 Å². The van der Waals surface area contributed by atoms with Crippen LogP contribution in [0.1, 0.15) is 26.7 Å². The van der Waals surface area contributed by atoms with Crippen LogP contribution in [0.4, 0.5) is 4.79 Å². The quantitative estimate of drug-likeness (QED) is 0.731. The van der Waals surface area contributed by atoms with Gasteiger partial charge in [-0.05, 0) is 18.3 Å². The minimum Gasteiger partial charge on any atom is -0.447 e. The molecule has 1 saturated heterocycles. The molecule has 0 aromatic carbocycles. The van der Waals surface area contributed by atoms with Crippen LogP contribution in [-0.4, -0.2) is 42.4 Å². The molecule has 1 fully saturated rings. The zero-order valence-electron chi connectivity index (χ0n) is 8.95. The monoisotopic (exact) mass is 201 g/mol. The highest BCUT2D eigenvalue weighted by atomic mass is 16.6. The minimum atomic E-state index is -0.299. The van der Waals surface area contributed by atoms with Crippen molar-refractivity contribution >= 4 is 6.09 Å². The van der Waals surface area contributed by atoms with Crippen molar-refractivity contribution in [3.63, 3.8) is 0 Å². The fourth-order valence-electron chi connectivity index (χ4n) is 1.80. The van der Waals surface area contributed by atoms with Crippen LogP contribution in [0.15, 0.2) is 0 Å². The lowest BCUT2D eigenvalue weighted by atomic mass is 9.84. The highest BCUT2D eigenvalue weighted by Crippen LogP contribution is 2.28. The second-order valence-electron chi connectivity index (χ2n) is 4.53. The molecule has 0 aromatic heterocycles. The molecule has 1 N–H and O–H groups in total. The molecule has 0 radical (unpaired) electrons. The summed E-state index contributed by atoms with van der Waals surface area (Å²) in [5.74, 6) is 0. The van der Waals surface area contributed by atoms with Crippen LogP contribution in [-0.2, 0) is 4.74 Å². The van der Waals surface area contributed by atoms with Crippen LogP contribution >= 0.6 is 0 Å². The van der Waals surface area contributed by atoms with Crippen molar-refractivity contribution < 1.29 is 14.6 Å². The summed E-state index contributed by atoms with van der Waals surface area (Å²) in [4.78, 5) is 13.2. The molecule has 4 nitrogen and oxygen atoms in total. The fraction of sp³-hybridized carbons (Fsp3) is 0.900. The Morgan fingerprint density at radius 1 is 1.57 bits per heavy atom. The molecule has 4 heteroatoms. The van der Waals surface area contributed by atoms with E-state index in [1.54, 1.807) is 4.90 Å². The zero-order valence-corrected chi connectivity index (χ0v) is 8.95. The van der Waals surface area contributed by atoms with E-state index in [0.29, 0.717) is 0 Å². The molecule has 82 valence electrons. The normalized spacial score (nSPS) is 20.6. The maximum atomic E-state index is 11.4. The minimum absolute atomic E-state index is 0.0930. The van der Waals surface area contributed by atoms with Crippen molar-refractivity contribution in [2.75, 3.05) is 26.3 Å². The first-order valence-corrected chi connectivity index (χ1v) is 5.08. The fourth-order valence-corrected chi connectivity index (χ4v) is 1.80. The van der Waals surface area contributed by atoms with Crippen LogP contribution in [0, 0.1) is 5.41 Å². The van der Waals surface area contributed by atoms with Crippen molar-refractivity contribution in [3.8, 4) is 0 Å². The molecule has 0 bridgehead atoms. The van der Waals surface area contributed by atoms with Gasteiger partial charge in [0, 0.05) is 13.1 Å². The first-order valence-electron chi connectivity index (χ1n) is 5.08. The van der Waals surface area contributed by atoms with Crippen molar-refractivity contribution in [2.24, 2.45) is 5.41 Å². The number of rotatable bonds is 2. The van der Waals surface area contributed by atoms with Crippen LogP contribution in [0.3, 0.4) is 0 Å². The number of likely N-dealkylation sites (tertiary alicyclic amines) is 1. The maximum absolute atomic E-state index is 11.4. The number of amides is 1. The highest BCUT2D eigenvalue weighted by Gasteiger charge is 2.29. The maximum Gasteiger partial charge on any atom is 0.409 e. The Labute approximate surface area is 84.8 Å². The van der Waals surface area contributed by atoms with E-state index in [-0.39, 0.29) is 24.7 Å². The Kier molecular flexibility index (Phi) is 3.75. The second kappa shape index (κ2) is 4.64. The molecule has 14 heavy (non-hydrogen) atoms. The van der Waals surface area contributed by atoms with Crippen LogP contribution < -0.4 is 0 Å². The van der Waals surface area contributed by atoms with Gasteiger partial charge < -0.3 is 14.7 Å². The average molecular weight is 201 g/mol. The first-order chi connectivity index (χ1) is 6.55. The lowest BCUT2D eigenvalue weighted by Crippen LogP contribution is -2.44. The van der Waals surface area contributed by atoms with Gasteiger partial charge >= 0.3 is 6.09 Å². The molecule has 0 unspecified atom stereocenters. The summed E-state index contributed by atoms with van der Waals surface area (Å²) in [6.07, 6.45) is 1.88. The number of hydrogen-bond donors (Lipinski definition) is 1. The Hall–Kier alpha value is -0.770. The van der Waals surface area contributed by atoms with Crippen LogP contribution in [0.5, 0.6) is 0 Å². The van der Waals surface area contributed by atoms with Gasteiger partial charge in [-0.25, -0.2) is 4.79 Å². The molecule has 0 atom stereocenters. The summed E-state index contributed by atoms with van der Waals surface area (Å²) >= 11 is 0. The largest absolute Gasteiger partial charge is 0.447 e. The van der Waals surface area contributed by atoms with Gasteiger partial charge in [-0.1, -0.05) is 13.8 Å². The number of hydrogen-bond acceptors (Lipinski definition) is 3. The Balaban J connectivity index is 2.40. The van der Waals surface area contributed by atoms with Gasteiger partial charge in [0.05, 0.1) is 6.61 Å². The highest BCUT2D eigenvalue weighted by molar-refractivity contribution is 5.67. The number of carbonyl (C=O) groups is 1. The first kappa shape index (κ1) is 11.3. The van der Waals surface area contributed by atoms with Gasteiger partial charge in [0.25, 0.3) is 0 Å². The summed E-state index contributed by atoms with van der Waals surface area (Å²) < 4.78 is 4.86. The van der Waals surface area contributed by atoms with Crippen molar-refractivity contribution in [1.29, 1.82) is 0 Å². The topological polar surface area (TPSA) is 49.8 Å². The Morgan fingerprint density at radius 2 is 2.29 bits per heavy atom. The van der Waals surface area contributed by atoms with E-state index in [4.69, 9.17) is 9.84 Å². The predicted molar refractivity (Wildman–Crippen MR) is 53.0 cm³/mol. The number of aliphatic hydroxyl groups excluding tert-OH is 1. The third-order valence-electron chi connectivity index (χ3n) is 2.48. The lowest BCUT2D eigenvalue weighted by Gasteiger charge is -2.37.